The summed E-state index contributed by atoms with van der Waals surface area (Å²) in [4.78, 5) is 6.19. The Morgan fingerprint density at radius 2 is 1.45 bits per heavy atom. The zero-order chi connectivity index (χ0) is 8.91. The lowest BCUT2D eigenvalue weighted by Gasteiger charge is -2.20. The van der Waals surface area contributed by atoms with Crippen LogP contribution in [-0.4, -0.2) is 13.0 Å². The molecule has 0 spiro atoms. The van der Waals surface area contributed by atoms with Crippen LogP contribution < -0.4 is 0 Å². The van der Waals surface area contributed by atoms with Crippen LogP contribution in [0.4, 0.5) is 0 Å². The van der Waals surface area contributed by atoms with Gasteiger partial charge in [-0.15, -0.1) is 11.1 Å². The SMILES string of the molecule is C[Si](C)(C)N(N=[N+]=[N-])N=[N+]=[N-]. The first-order chi connectivity index (χ1) is 5.02. The van der Waals surface area contributed by atoms with Crippen molar-refractivity contribution >= 4 is 8.24 Å². The Hall–Kier alpha value is -1.36. The van der Waals surface area contributed by atoms with Crippen molar-refractivity contribution in [1.82, 2.24) is 4.78 Å². The van der Waals surface area contributed by atoms with Gasteiger partial charge in [0.2, 0.25) is 0 Å². The summed E-state index contributed by atoms with van der Waals surface area (Å²) in [7, 11) is -1.84. The minimum atomic E-state index is -1.84. The second-order valence-corrected chi connectivity index (χ2v) is 7.56. The molecular formula is C3H9N7Si. The third-order valence-electron chi connectivity index (χ3n) is 0.849. The second-order valence-electron chi connectivity index (χ2n) is 2.82. The molecule has 11 heavy (non-hydrogen) atoms. The van der Waals surface area contributed by atoms with Crippen LogP contribution in [0.3, 0.4) is 0 Å². The van der Waals surface area contributed by atoms with Gasteiger partial charge in [-0.25, -0.2) is 4.78 Å². The van der Waals surface area contributed by atoms with Gasteiger partial charge in [-0.3, -0.25) is 0 Å². The largest absolute Gasteiger partial charge is 0.270 e. The molecule has 0 aliphatic heterocycles. The zero-order valence-electron chi connectivity index (χ0n) is 6.63. The molecular weight excluding hydrogens is 162 g/mol. The first-order valence-electron chi connectivity index (χ1n) is 2.92. The third-order valence-corrected chi connectivity index (χ3v) is 2.23. The molecule has 7 nitrogen and oxygen atoms in total. The molecule has 0 saturated carbocycles. The third kappa shape index (κ3) is 3.36. The maximum atomic E-state index is 8.08. The van der Waals surface area contributed by atoms with Crippen LogP contribution in [-0.2, 0) is 0 Å². The van der Waals surface area contributed by atoms with E-state index in [1.165, 1.54) is 0 Å². The van der Waals surface area contributed by atoms with E-state index in [0.717, 1.165) is 4.78 Å². The molecule has 0 aromatic rings. The fraction of sp³-hybridized carbons (Fsp3) is 1.00. The Labute approximate surface area is 64.9 Å². The Morgan fingerprint density at radius 1 is 1.09 bits per heavy atom. The smallest absolute Gasteiger partial charge is 0.218 e. The molecule has 0 radical (unpaired) electrons. The first kappa shape index (κ1) is 9.64. The molecule has 0 saturated heterocycles. The Kier molecular flexibility index (Phi) is 3.26. The van der Waals surface area contributed by atoms with Crippen LogP contribution in [0.15, 0.2) is 10.4 Å². The number of azide groups is 1. The molecule has 0 fully saturated rings. The molecule has 0 rings (SSSR count). The Morgan fingerprint density at radius 3 is 1.64 bits per heavy atom. The van der Waals surface area contributed by atoms with Crippen molar-refractivity contribution in [1.29, 1.82) is 0 Å². The van der Waals surface area contributed by atoms with Crippen molar-refractivity contribution in [2.75, 3.05) is 0 Å². The monoisotopic (exact) mass is 171 g/mol. The van der Waals surface area contributed by atoms with Gasteiger partial charge < -0.3 is 0 Å². The predicted octanol–water partition coefficient (Wildman–Crippen LogP) is 2.57. The van der Waals surface area contributed by atoms with Crippen molar-refractivity contribution in [3.8, 4) is 0 Å². The molecule has 8 heteroatoms. The van der Waals surface area contributed by atoms with Gasteiger partial charge in [0.05, 0.1) is 0 Å². The van der Waals surface area contributed by atoms with E-state index in [-0.39, 0.29) is 0 Å². The van der Waals surface area contributed by atoms with Crippen molar-refractivity contribution < 1.29 is 0 Å². The summed E-state index contributed by atoms with van der Waals surface area (Å²) < 4.78 is 0. The topological polar surface area (TPSA) is 101 Å². The maximum absolute atomic E-state index is 8.08. The highest BCUT2D eigenvalue weighted by atomic mass is 28.3. The second kappa shape index (κ2) is 3.72. The molecule has 0 aromatic carbocycles. The van der Waals surface area contributed by atoms with Gasteiger partial charge in [0.25, 0.3) is 8.24 Å². The van der Waals surface area contributed by atoms with E-state index in [0.29, 0.717) is 0 Å². The molecule has 0 aromatic heterocycles. The molecule has 0 unspecified atom stereocenters. The summed E-state index contributed by atoms with van der Waals surface area (Å²) >= 11 is 0. The van der Waals surface area contributed by atoms with Crippen LogP contribution in [0.25, 0.3) is 20.9 Å². The predicted molar refractivity (Wildman–Crippen MR) is 43.5 cm³/mol. The Balaban J connectivity index is 4.60. The number of nitrogens with zero attached hydrogens (tertiary/aromatic N) is 7. The van der Waals surface area contributed by atoms with Crippen LogP contribution in [0.5, 0.6) is 0 Å². The van der Waals surface area contributed by atoms with Gasteiger partial charge in [-0.2, -0.15) is 9.82 Å². The lowest BCUT2D eigenvalue weighted by molar-refractivity contribution is 0.464. The van der Waals surface area contributed by atoms with Gasteiger partial charge >= 0.3 is 0 Å². The maximum Gasteiger partial charge on any atom is 0.270 e. The van der Waals surface area contributed by atoms with E-state index < -0.39 is 8.24 Å². The highest BCUT2D eigenvalue weighted by molar-refractivity contribution is 6.73. The van der Waals surface area contributed by atoms with Crippen LogP contribution in [0, 0.1) is 0 Å². The molecule has 0 bridgehead atoms. The lowest BCUT2D eigenvalue weighted by Crippen LogP contribution is -2.37. The zero-order valence-corrected chi connectivity index (χ0v) is 7.63. The van der Waals surface area contributed by atoms with E-state index in [1.807, 2.05) is 19.6 Å². The fourth-order valence-corrected chi connectivity index (χ4v) is 0.979. The van der Waals surface area contributed by atoms with E-state index >= 15 is 0 Å². The van der Waals surface area contributed by atoms with Crippen LogP contribution >= 0.6 is 0 Å². The van der Waals surface area contributed by atoms with Gasteiger partial charge in [0, 0.05) is 0 Å². The van der Waals surface area contributed by atoms with Gasteiger partial charge in [0.15, 0.2) is 0 Å². The normalized spacial score (nSPS) is 9.36. The van der Waals surface area contributed by atoms with E-state index in [4.69, 9.17) is 11.1 Å². The highest BCUT2D eigenvalue weighted by Gasteiger charge is 2.26. The van der Waals surface area contributed by atoms with Crippen molar-refractivity contribution in [2.24, 2.45) is 10.4 Å². The minimum Gasteiger partial charge on any atom is -0.218 e. The molecule has 0 amide bonds. The van der Waals surface area contributed by atoms with Crippen LogP contribution in [0.1, 0.15) is 0 Å². The summed E-state index contributed by atoms with van der Waals surface area (Å²) in [6.07, 6.45) is 0. The van der Waals surface area contributed by atoms with E-state index in [9.17, 15) is 0 Å². The summed E-state index contributed by atoms with van der Waals surface area (Å²) in [5.41, 5.74) is 16.2. The summed E-state index contributed by atoms with van der Waals surface area (Å²) in [6, 6.07) is 0. The van der Waals surface area contributed by atoms with Crippen LogP contribution in [0.2, 0.25) is 19.6 Å². The number of rotatable bonds is 3. The van der Waals surface area contributed by atoms with Crippen molar-refractivity contribution in [3.05, 3.63) is 20.9 Å². The summed E-state index contributed by atoms with van der Waals surface area (Å²) in [5, 5.41) is 6.48. The van der Waals surface area contributed by atoms with Gasteiger partial charge in [-0.05, 0) is 30.1 Å². The number of hydrogen-bond donors (Lipinski definition) is 0. The summed E-state index contributed by atoms with van der Waals surface area (Å²) in [5.74, 6) is 0. The molecule has 0 aliphatic carbocycles. The van der Waals surface area contributed by atoms with Gasteiger partial charge in [-0.1, -0.05) is 0 Å². The average molecular weight is 171 g/mol. The standard InChI is InChI=1S/C3H9N7Si/c1-11(2,3)10(8-6-4)9-7-5/h1-3H3. The van der Waals surface area contributed by atoms with E-state index in [2.05, 4.69) is 20.3 Å². The quantitative estimate of drug-likeness (QED) is 0.210. The van der Waals surface area contributed by atoms with Crippen molar-refractivity contribution in [3.63, 3.8) is 0 Å². The fourth-order valence-electron chi connectivity index (χ4n) is 0.362. The first-order valence-corrected chi connectivity index (χ1v) is 6.37. The minimum absolute atomic E-state index is 1.10. The number of hydrogen-bond acceptors (Lipinski definition) is 2. The highest BCUT2D eigenvalue weighted by Crippen LogP contribution is 2.10. The molecule has 0 heterocycles. The summed E-state index contributed by atoms with van der Waals surface area (Å²) in [6.45, 7) is 5.70. The Bertz CT molecular complexity index is 198. The molecule has 0 N–H and O–H groups in total. The van der Waals surface area contributed by atoms with E-state index in [1.54, 1.807) is 0 Å². The van der Waals surface area contributed by atoms with Gasteiger partial charge in [0.1, 0.15) is 0 Å². The molecule has 60 valence electrons. The lowest BCUT2D eigenvalue weighted by atomic mass is 11.8. The van der Waals surface area contributed by atoms with Crippen molar-refractivity contribution in [2.45, 2.75) is 19.6 Å². The average Bonchev–Trinajstić information content (AvgIpc) is 1.85. The molecule has 0 aliphatic rings. The molecule has 0 atom stereocenters.